The summed E-state index contributed by atoms with van der Waals surface area (Å²) >= 11 is 0. The number of nitrogens with one attached hydrogen (secondary N) is 1. The van der Waals surface area contributed by atoms with Crippen LogP contribution in [0.4, 0.5) is 5.69 Å². The summed E-state index contributed by atoms with van der Waals surface area (Å²) in [6.45, 7) is 5.11. The van der Waals surface area contributed by atoms with Gasteiger partial charge in [0.05, 0.1) is 18.0 Å². The van der Waals surface area contributed by atoms with Crippen LogP contribution in [0.1, 0.15) is 26.2 Å². The molecule has 0 radical (unpaired) electrons. The van der Waals surface area contributed by atoms with Crippen molar-refractivity contribution in [3.05, 3.63) is 24.3 Å². The lowest BCUT2D eigenvalue weighted by atomic mass is 10.1. The van der Waals surface area contributed by atoms with Gasteiger partial charge in [-0.05, 0) is 45.0 Å². The van der Waals surface area contributed by atoms with Gasteiger partial charge in [-0.25, -0.2) is 8.42 Å². The maximum Gasteiger partial charge on any atom is 0.263 e. The van der Waals surface area contributed by atoms with Gasteiger partial charge in [0, 0.05) is 13.1 Å². The molecular weight excluding hydrogens is 354 g/mol. The number of benzene rings is 1. The van der Waals surface area contributed by atoms with E-state index in [1.165, 1.54) is 23.6 Å². The molecule has 2 aliphatic rings. The number of amides is 1. The quantitative estimate of drug-likeness (QED) is 0.801. The van der Waals surface area contributed by atoms with Crippen LogP contribution in [0.15, 0.2) is 24.3 Å². The van der Waals surface area contributed by atoms with Gasteiger partial charge in [-0.3, -0.25) is 9.10 Å². The minimum atomic E-state index is -3.47. The van der Waals surface area contributed by atoms with Crippen molar-refractivity contribution in [2.24, 2.45) is 0 Å². The fourth-order valence-corrected chi connectivity index (χ4v) is 4.52. The summed E-state index contributed by atoms with van der Waals surface area (Å²) in [6.07, 6.45) is 2.85. The summed E-state index contributed by atoms with van der Waals surface area (Å²) in [4.78, 5) is 14.9. The molecule has 1 aromatic carbocycles. The van der Waals surface area contributed by atoms with Crippen LogP contribution in [0.3, 0.4) is 0 Å². The molecule has 0 bridgehead atoms. The fraction of sp³-hybridized carbons (Fsp3) is 0.611. The van der Waals surface area contributed by atoms with Crippen molar-refractivity contribution in [2.45, 2.75) is 32.3 Å². The maximum absolute atomic E-state index is 12.5. The van der Waals surface area contributed by atoms with E-state index in [0.29, 0.717) is 18.0 Å². The minimum absolute atomic E-state index is 0.00271. The Balaban J connectivity index is 1.64. The number of hydrogen-bond donors (Lipinski definition) is 1. The first-order valence-electron chi connectivity index (χ1n) is 9.27. The number of likely N-dealkylation sites (tertiary alicyclic amines) is 1. The smallest absolute Gasteiger partial charge is 0.263 e. The van der Waals surface area contributed by atoms with E-state index in [4.69, 9.17) is 4.74 Å². The first-order chi connectivity index (χ1) is 12.5. The van der Waals surface area contributed by atoms with Crippen LogP contribution in [0.5, 0.6) is 5.75 Å². The number of carbonyl (C=O) groups excluding carboxylic acids is 1. The van der Waals surface area contributed by atoms with Gasteiger partial charge in [0.25, 0.3) is 5.91 Å². The lowest BCUT2D eigenvalue weighted by Gasteiger charge is -2.34. The van der Waals surface area contributed by atoms with Crippen molar-refractivity contribution >= 4 is 21.6 Å². The molecule has 26 heavy (non-hydrogen) atoms. The largest absolute Gasteiger partial charge is 0.476 e. The highest BCUT2D eigenvalue weighted by molar-refractivity contribution is 7.92. The Labute approximate surface area is 155 Å². The number of sulfonamides is 1. The summed E-state index contributed by atoms with van der Waals surface area (Å²) in [7, 11) is -3.47. The number of piperidine rings is 1. The van der Waals surface area contributed by atoms with Gasteiger partial charge >= 0.3 is 0 Å². The molecule has 1 aromatic rings. The Bertz CT molecular complexity index is 732. The molecule has 1 amide bonds. The number of para-hydroxylation sites is 2. The van der Waals surface area contributed by atoms with E-state index in [9.17, 15) is 13.2 Å². The highest BCUT2D eigenvalue weighted by atomic mass is 32.2. The maximum atomic E-state index is 12.5. The van der Waals surface area contributed by atoms with E-state index < -0.39 is 16.1 Å². The zero-order valence-corrected chi connectivity index (χ0v) is 16.0. The van der Waals surface area contributed by atoms with Crippen LogP contribution in [0.2, 0.25) is 0 Å². The summed E-state index contributed by atoms with van der Waals surface area (Å²) in [6, 6.07) is 6.93. The number of ether oxygens (including phenoxy) is 1. The second-order valence-corrected chi connectivity index (χ2v) is 8.88. The Morgan fingerprint density at radius 3 is 2.69 bits per heavy atom. The predicted molar refractivity (Wildman–Crippen MR) is 101 cm³/mol. The summed E-state index contributed by atoms with van der Waals surface area (Å²) in [5, 5.41) is 2.89. The van der Waals surface area contributed by atoms with Gasteiger partial charge in [0.1, 0.15) is 5.75 Å². The Morgan fingerprint density at radius 2 is 1.96 bits per heavy atom. The summed E-state index contributed by atoms with van der Waals surface area (Å²) in [5.74, 6) is 0.129. The second-order valence-electron chi connectivity index (χ2n) is 6.70. The lowest BCUT2D eigenvalue weighted by molar-refractivity contribution is -0.127. The molecule has 2 heterocycles. The molecule has 1 fully saturated rings. The summed E-state index contributed by atoms with van der Waals surface area (Å²) < 4.78 is 31.9. The van der Waals surface area contributed by atoms with E-state index >= 15 is 0 Å². The van der Waals surface area contributed by atoms with Gasteiger partial charge in [0.2, 0.25) is 10.0 Å². The van der Waals surface area contributed by atoms with E-state index in [1.807, 2.05) is 0 Å². The van der Waals surface area contributed by atoms with Crippen LogP contribution in [0.25, 0.3) is 0 Å². The number of nitrogens with zero attached hydrogens (tertiary/aromatic N) is 2. The fourth-order valence-electron chi connectivity index (χ4n) is 3.39. The molecule has 0 unspecified atom stereocenters. The minimum Gasteiger partial charge on any atom is -0.476 e. The molecule has 3 rings (SSSR count). The van der Waals surface area contributed by atoms with Crippen molar-refractivity contribution < 1.29 is 17.9 Å². The molecule has 8 heteroatoms. The second kappa shape index (κ2) is 8.26. The van der Waals surface area contributed by atoms with Gasteiger partial charge in [-0.2, -0.15) is 0 Å². The van der Waals surface area contributed by atoms with Crippen molar-refractivity contribution in [2.75, 3.05) is 42.8 Å². The number of carbonyl (C=O) groups is 1. The van der Waals surface area contributed by atoms with Gasteiger partial charge in [-0.15, -0.1) is 0 Å². The molecule has 1 saturated heterocycles. The van der Waals surface area contributed by atoms with Crippen LogP contribution in [-0.4, -0.2) is 63.8 Å². The number of fused-ring (bicyclic) bond motifs is 1. The van der Waals surface area contributed by atoms with Crippen molar-refractivity contribution in [1.82, 2.24) is 10.2 Å². The highest BCUT2D eigenvalue weighted by Gasteiger charge is 2.35. The highest BCUT2D eigenvalue weighted by Crippen LogP contribution is 2.34. The van der Waals surface area contributed by atoms with Crippen molar-refractivity contribution in [1.29, 1.82) is 0 Å². The van der Waals surface area contributed by atoms with Crippen LogP contribution in [0, 0.1) is 0 Å². The third-order valence-corrected chi connectivity index (χ3v) is 6.65. The molecule has 0 spiro atoms. The molecule has 0 aliphatic carbocycles. The molecule has 144 valence electrons. The van der Waals surface area contributed by atoms with Gasteiger partial charge < -0.3 is 15.0 Å². The van der Waals surface area contributed by atoms with Crippen LogP contribution < -0.4 is 14.4 Å². The Kier molecular flexibility index (Phi) is 6.03. The molecule has 2 aliphatic heterocycles. The monoisotopic (exact) mass is 381 g/mol. The van der Waals surface area contributed by atoms with Crippen molar-refractivity contribution in [3.63, 3.8) is 0 Å². The Hall–Kier alpha value is -1.80. The number of rotatable bonds is 6. The average Bonchev–Trinajstić information content (AvgIpc) is 2.67. The first-order valence-corrected chi connectivity index (χ1v) is 10.9. The summed E-state index contributed by atoms with van der Waals surface area (Å²) in [5.41, 5.74) is 0.492. The standard InChI is InChI=1S/C18H27N3O4S/c1-2-26(23,24)21-14-17(25-16-9-5-4-8-15(16)21)18(22)19-10-13-20-11-6-3-7-12-20/h4-5,8-9,17H,2-3,6-7,10-14H2,1H3,(H,19,22)/t17-/m1/s1. The molecule has 1 N–H and O–H groups in total. The van der Waals surface area contributed by atoms with E-state index in [-0.39, 0.29) is 18.2 Å². The lowest BCUT2D eigenvalue weighted by Crippen LogP contribution is -2.52. The topological polar surface area (TPSA) is 79.0 Å². The number of anilines is 1. The SMILES string of the molecule is CCS(=O)(=O)N1C[C@H](C(=O)NCCN2CCCCC2)Oc2ccccc21. The molecular formula is C18H27N3O4S. The van der Waals surface area contributed by atoms with Gasteiger partial charge in [-0.1, -0.05) is 18.6 Å². The van der Waals surface area contributed by atoms with Gasteiger partial charge in [0.15, 0.2) is 6.10 Å². The predicted octanol–water partition coefficient (Wildman–Crippen LogP) is 1.21. The average molecular weight is 381 g/mol. The normalized spacial score (nSPS) is 21.0. The van der Waals surface area contributed by atoms with Crippen LogP contribution >= 0.6 is 0 Å². The Morgan fingerprint density at radius 1 is 1.23 bits per heavy atom. The zero-order chi connectivity index (χ0) is 18.6. The molecule has 0 saturated carbocycles. The first kappa shape index (κ1) is 19.0. The zero-order valence-electron chi connectivity index (χ0n) is 15.2. The molecule has 7 nitrogen and oxygen atoms in total. The molecule has 0 aromatic heterocycles. The molecule has 1 atom stereocenters. The van der Waals surface area contributed by atoms with E-state index in [0.717, 1.165) is 19.6 Å². The third kappa shape index (κ3) is 4.29. The van der Waals surface area contributed by atoms with Crippen LogP contribution in [-0.2, 0) is 14.8 Å². The van der Waals surface area contributed by atoms with E-state index in [2.05, 4.69) is 10.2 Å². The number of hydrogen-bond acceptors (Lipinski definition) is 5. The third-order valence-electron chi connectivity index (χ3n) is 4.90. The van der Waals surface area contributed by atoms with E-state index in [1.54, 1.807) is 31.2 Å². The van der Waals surface area contributed by atoms with Crippen molar-refractivity contribution in [3.8, 4) is 5.75 Å².